The Morgan fingerprint density at radius 2 is 1.84 bits per heavy atom. The van der Waals surface area contributed by atoms with Gasteiger partial charge in [-0.25, -0.2) is 9.97 Å². The van der Waals surface area contributed by atoms with Gasteiger partial charge >= 0.3 is 0 Å². The van der Waals surface area contributed by atoms with Crippen molar-refractivity contribution in [2.75, 3.05) is 24.2 Å². The van der Waals surface area contributed by atoms with Crippen LogP contribution in [0.1, 0.15) is 51.4 Å². The predicted octanol–water partition coefficient (Wildman–Crippen LogP) is 2.24. The molecule has 19 heavy (non-hydrogen) atoms. The second-order valence-electron chi connectivity index (χ2n) is 5.87. The third-order valence-electron chi connectivity index (χ3n) is 2.98. The van der Waals surface area contributed by atoms with Gasteiger partial charge in [0.05, 0.1) is 0 Å². The Kier molecular flexibility index (Phi) is 5.54. The van der Waals surface area contributed by atoms with E-state index in [-0.39, 0.29) is 12.0 Å². The summed E-state index contributed by atoms with van der Waals surface area (Å²) in [7, 11) is 0. The molecule has 0 radical (unpaired) electrons. The number of aliphatic hydroxyl groups excluding tert-OH is 1. The number of unbranched alkanes of at least 4 members (excludes halogenated alkanes) is 2. The number of nitrogen functional groups attached to an aromatic ring is 1. The fourth-order valence-corrected chi connectivity index (χ4v) is 1.66. The highest BCUT2D eigenvalue weighted by Gasteiger charge is 2.20. The molecule has 0 aliphatic carbocycles. The van der Waals surface area contributed by atoms with Gasteiger partial charge in [0.25, 0.3) is 0 Å². The summed E-state index contributed by atoms with van der Waals surface area (Å²) < 4.78 is 0. The molecular weight excluding hydrogens is 240 g/mol. The first kappa shape index (κ1) is 15.7. The summed E-state index contributed by atoms with van der Waals surface area (Å²) >= 11 is 0. The van der Waals surface area contributed by atoms with Crippen molar-refractivity contribution in [2.24, 2.45) is 0 Å². The summed E-state index contributed by atoms with van der Waals surface area (Å²) in [4.78, 5) is 8.93. The molecule has 0 atom stereocenters. The van der Waals surface area contributed by atoms with Crippen LogP contribution in [0.5, 0.6) is 0 Å². The van der Waals surface area contributed by atoms with E-state index in [4.69, 9.17) is 10.8 Å². The molecule has 0 spiro atoms. The van der Waals surface area contributed by atoms with Gasteiger partial charge in [0.1, 0.15) is 17.5 Å². The van der Waals surface area contributed by atoms with Gasteiger partial charge in [-0.15, -0.1) is 0 Å². The number of nitrogens with zero attached hydrogens (tertiary/aromatic N) is 2. The first-order valence-electron chi connectivity index (χ1n) is 6.85. The Morgan fingerprint density at radius 3 is 2.42 bits per heavy atom. The van der Waals surface area contributed by atoms with Crippen molar-refractivity contribution < 1.29 is 5.11 Å². The minimum Gasteiger partial charge on any atom is -0.396 e. The SMILES string of the molecule is Cc1c(N)nc(C(C)(C)C)nc1NCCCCCO. The van der Waals surface area contributed by atoms with E-state index in [0.29, 0.717) is 5.82 Å². The van der Waals surface area contributed by atoms with Crippen LogP contribution in [0.15, 0.2) is 0 Å². The third-order valence-corrected chi connectivity index (χ3v) is 2.98. The van der Waals surface area contributed by atoms with Crippen LogP contribution in [-0.4, -0.2) is 28.2 Å². The standard InChI is InChI=1S/C14H26N4O/c1-10-11(15)17-13(14(2,3)4)18-12(10)16-8-6-5-7-9-19/h19H,5-9H2,1-4H3,(H3,15,16,17,18). The molecular formula is C14H26N4O. The Bertz CT molecular complexity index is 413. The molecule has 0 aromatic carbocycles. The first-order valence-corrected chi connectivity index (χ1v) is 6.85. The average Bonchev–Trinajstić information content (AvgIpc) is 2.32. The number of nitrogens with two attached hydrogens (primary N) is 1. The van der Waals surface area contributed by atoms with E-state index in [1.165, 1.54) is 0 Å². The van der Waals surface area contributed by atoms with Gasteiger partial charge < -0.3 is 16.2 Å². The van der Waals surface area contributed by atoms with Gasteiger partial charge in [-0.3, -0.25) is 0 Å². The molecule has 0 saturated heterocycles. The lowest BCUT2D eigenvalue weighted by molar-refractivity contribution is 0.283. The van der Waals surface area contributed by atoms with Gasteiger partial charge in [0.2, 0.25) is 0 Å². The zero-order valence-electron chi connectivity index (χ0n) is 12.5. The van der Waals surface area contributed by atoms with Crippen LogP contribution < -0.4 is 11.1 Å². The molecule has 5 nitrogen and oxygen atoms in total. The Hall–Kier alpha value is -1.36. The highest BCUT2D eigenvalue weighted by molar-refractivity contribution is 5.55. The van der Waals surface area contributed by atoms with Crippen LogP contribution in [0.2, 0.25) is 0 Å². The first-order chi connectivity index (χ1) is 8.86. The number of aromatic nitrogens is 2. The van der Waals surface area contributed by atoms with Gasteiger partial charge in [-0.1, -0.05) is 20.8 Å². The molecule has 5 heteroatoms. The number of hydrogen-bond acceptors (Lipinski definition) is 5. The molecule has 1 heterocycles. The lowest BCUT2D eigenvalue weighted by atomic mass is 9.95. The van der Waals surface area contributed by atoms with E-state index in [0.717, 1.165) is 43.0 Å². The highest BCUT2D eigenvalue weighted by Crippen LogP contribution is 2.24. The number of anilines is 2. The lowest BCUT2D eigenvalue weighted by Gasteiger charge is -2.19. The molecule has 4 N–H and O–H groups in total. The number of nitrogens with one attached hydrogen (secondary N) is 1. The van der Waals surface area contributed by atoms with Gasteiger partial charge in [-0.2, -0.15) is 0 Å². The van der Waals surface area contributed by atoms with E-state index in [1.807, 2.05) is 6.92 Å². The molecule has 1 aromatic heterocycles. The molecule has 0 amide bonds. The number of rotatable bonds is 6. The second kappa shape index (κ2) is 6.70. The quantitative estimate of drug-likeness (QED) is 0.688. The van der Waals surface area contributed by atoms with E-state index in [9.17, 15) is 0 Å². The van der Waals surface area contributed by atoms with Crippen LogP contribution in [0.25, 0.3) is 0 Å². The van der Waals surface area contributed by atoms with Crippen molar-refractivity contribution in [3.63, 3.8) is 0 Å². The van der Waals surface area contributed by atoms with Crippen molar-refractivity contribution in [1.82, 2.24) is 9.97 Å². The largest absolute Gasteiger partial charge is 0.396 e. The Balaban J connectivity index is 2.74. The fourth-order valence-electron chi connectivity index (χ4n) is 1.66. The zero-order chi connectivity index (χ0) is 14.5. The topological polar surface area (TPSA) is 84.1 Å². The lowest BCUT2D eigenvalue weighted by Crippen LogP contribution is -2.19. The molecule has 0 aliphatic rings. The second-order valence-corrected chi connectivity index (χ2v) is 5.87. The van der Waals surface area contributed by atoms with Crippen LogP contribution in [0.3, 0.4) is 0 Å². The van der Waals surface area contributed by atoms with Crippen LogP contribution >= 0.6 is 0 Å². The summed E-state index contributed by atoms with van der Waals surface area (Å²) in [5, 5.41) is 12.0. The van der Waals surface area contributed by atoms with E-state index < -0.39 is 0 Å². The van der Waals surface area contributed by atoms with Crippen molar-refractivity contribution in [2.45, 2.75) is 52.4 Å². The van der Waals surface area contributed by atoms with Gasteiger partial charge in [0, 0.05) is 24.1 Å². The van der Waals surface area contributed by atoms with Crippen LogP contribution in [0, 0.1) is 6.92 Å². The van der Waals surface area contributed by atoms with E-state index in [1.54, 1.807) is 0 Å². The highest BCUT2D eigenvalue weighted by atomic mass is 16.2. The van der Waals surface area contributed by atoms with Crippen LogP contribution in [-0.2, 0) is 5.41 Å². The molecule has 1 rings (SSSR count). The minimum atomic E-state index is -0.116. The van der Waals surface area contributed by atoms with Crippen molar-refractivity contribution in [1.29, 1.82) is 0 Å². The molecule has 0 bridgehead atoms. The predicted molar refractivity (Wildman–Crippen MR) is 79.3 cm³/mol. The maximum absolute atomic E-state index is 8.73. The summed E-state index contributed by atoms with van der Waals surface area (Å²) in [5.41, 5.74) is 6.73. The van der Waals surface area contributed by atoms with E-state index >= 15 is 0 Å². The Morgan fingerprint density at radius 1 is 1.16 bits per heavy atom. The van der Waals surface area contributed by atoms with Crippen LogP contribution in [0.4, 0.5) is 11.6 Å². The average molecular weight is 266 g/mol. The van der Waals surface area contributed by atoms with Crippen molar-refractivity contribution >= 4 is 11.6 Å². The van der Waals surface area contributed by atoms with E-state index in [2.05, 4.69) is 36.1 Å². The summed E-state index contributed by atoms with van der Waals surface area (Å²) in [5.74, 6) is 2.12. The zero-order valence-corrected chi connectivity index (χ0v) is 12.5. The third kappa shape index (κ3) is 4.67. The monoisotopic (exact) mass is 266 g/mol. The molecule has 0 aliphatic heterocycles. The van der Waals surface area contributed by atoms with Crippen molar-refractivity contribution in [3.8, 4) is 0 Å². The summed E-state index contributed by atoms with van der Waals surface area (Å²) in [6, 6.07) is 0. The summed E-state index contributed by atoms with van der Waals surface area (Å²) in [6.45, 7) is 9.23. The smallest absolute Gasteiger partial charge is 0.138 e. The molecule has 0 unspecified atom stereocenters. The number of aliphatic hydroxyl groups is 1. The molecule has 108 valence electrons. The fraction of sp³-hybridized carbons (Fsp3) is 0.714. The Labute approximate surface area is 115 Å². The van der Waals surface area contributed by atoms with Gasteiger partial charge in [0.15, 0.2) is 0 Å². The number of hydrogen-bond donors (Lipinski definition) is 3. The minimum absolute atomic E-state index is 0.116. The molecule has 1 aromatic rings. The molecule has 0 saturated carbocycles. The maximum Gasteiger partial charge on any atom is 0.138 e. The molecule has 0 fully saturated rings. The van der Waals surface area contributed by atoms with Gasteiger partial charge in [-0.05, 0) is 26.2 Å². The maximum atomic E-state index is 8.73. The normalized spacial score (nSPS) is 11.6. The van der Waals surface area contributed by atoms with Crippen molar-refractivity contribution in [3.05, 3.63) is 11.4 Å². The summed E-state index contributed by atoms with van der Waals surface area (Å²) in [6.07, 6.45) is 2.86.